The zero-order valence-electron chi connectivity index (χ0n) is 10.8. The van der Waals surface area contributed by atoms with Gasteiger partial charge in [-0.2, -0.15) is 0 Å². The number of thiol groups is 1. The Hall–Kier alpha value is -1.50. The van der Waals surface area contributed by atoms with Gasteiger partial charge in [0.25, 0.3) is 0 Å². The summed E-state index contributed by atoms with van der Waals surface area (Å²) in [5.74, 6) is -3.34. The van der Waals surface area contributed by atoms with Crippen molar-refractivity contribution in [3.05, 3.63) is 23.8 Å². The lowest BCUT2D eigenvalue weighted by atomic mass is 9.96. The molecule has 110 valence electrons. The fourth-order valence-electron chi connectivity index (χ4n) is 2.27. The summed E-state index contributed by atoms with van der Waals surface area (Å²) in [5.41, 5.74) is -0.0746. The van der Waals surface area contributed by atoms with Gasteiger partial charge in [-0.25, -0.2) is 17.9 Å². The van der Waals surface area contributed by atoms with Gasteiger partial charge >= 0.3 is 6.03 Å². The van der Waals surface area contributed by atoms with Crippen molar-refractivity contribution >= 4 is 24.5 Å². The molecule has 1 aliphatic carbocycles. The predicted molar refractivity (Wildman–Crippen MR) is 74.9 cm³/mol. The third kappa shape index (κ3) is 3.33. The summed E-state index contributed by atoms with van der Waals surface area (Å²) in [5, 5.41) is 11.8. The minimum atomic E-state index is -1.13. The second-order valence-corrected chi connectivity index (χ2v) is 5.25. The van der Waals surface area contributed by atoms with Crippen LogP contribution in [0, 0.1) is 11.6 Å². The molecule has 2 amide bonds. The number of benzene rings is 1. The fraction of sp³-hybridized carbons (Fsp3) is 0.462. The average molecular weight is 302 g/mol. The molecule has 0 unspecified atom stereocenters. The van der Waals surface area contributed by atoms with Crippen LogP contribution in [-0.2, 0) is 0 Å². The van der Waals surface area contributed by atoms with Crippen molar-refractivity contribution in [1.82, 2.24) is 5.32 Å². The van der Waals surface area contributed by atoms with Crippen LogP contribution in [0.1, 0.15) is 32.1 Å². The van der Waals surface area contributed by atoms with Gasteiger partial charge in [0.05, 0.1) is 5.69 Å². The van der Waals surface area contributed by atoms with Crippen LogP contribution in [0.15, 0.2) is 12.1 Å². The van der Waals surface area contributed by atoms with E-state index in [4.69, 9.17) is 5.11 Å². The van der Waals surface area contributed by atoms with Gasteiger partial charge in [-0.1, -0.05) is 32.1 Å². The average Bonchev–Trinajstić information content (AvgIpc) is 2.44. The van der Waals surface area contributed by atoms with Crippen molar-refractivity contribution in [2.75, 3.05) is 4.31 Å². The van der Waals surface area contributed by atoms with Crippen LogP contribution in [-0.4, -0.2) is 17.2 Å². The molecule has 0 aliphatic heterocycles. The monoisotopic (exact) mass is 302 g/mol. The SMILES string of the molecule is O=C(NC1CCCCC1)N(S)c1cc(F)c(O)c(F)c1. The molecule has 1 fully saturated rings. The molecule has 0 heterocycles. The maximum atomic E-state index is 13.2. The Morgan fingerprint density at radius 2 is 1.80 bits per heavy atom. The highest BCUT2D eigenvalue weighted by atomic mass is 32.1. The van der Waals surface area contributed by atoms with Crippen molar-refractivity contribution in [3.63, 3.8) is 0 Å². The number of nitrogens with one attached hydrogen (secondary N) is 1. The minimum absolute atomic E-state index is 0.0673. The van der Waals surface area contributed by atoms with Gasteiger partial charge in [-0.05, 0) is 12.8 Å². The lowest BCUT2D eigenvalue weighted by molar-refractivity contribution is 0.242. The Labute approximate surface area is 121 Å². The largest absolute Gasteiger partial charge is 0.503 e. The summed E-state index contributed by atoms with van der Waals surface area (Å²) < 4.78 is 27.3. The molecule has 20 heavy (non-hydrogen) atoms. The number of nitrogens with zero attached hydrogens (tertiary/aromatic N) is 1. The van der Waals surface area contributed by atoms with Crippen LogP contribution in [0.2, 0.25) is 0 Å². The quantitative estimate of drug-likeness (QED) is 0.734. The van der Waals surface area contributed by atoms with Crippen LogP contribution < -0.4 is 9.62 Å². The van der Waals surface area contributed by atoms with E-state index in [0.29, 0.717) is 0 Å². The highest BCUT2D eigenvalue weighted by Crippen LogP contribution is 2.27. The van der Waals surface area contributed by atoms with Crippen LogP contribution >= 0.6 is 12.8 Å². The van der Waals surface area contributed by atoms with E-state index in [1.165, 1.54) is 0 Å². The van der Waals surface area contributed by atoms with E-state index in [1.54, 1.807) is 0 Å². The van der Waals surface area contributed by atoms with Crippen molar-refractivity contribution in [2.45, 2.75) is 38.1 Å². The fourth-order valence-corrected chi connectivity index (χ4v) is 2.45. The Balaban J connectivity index is 2.06. The molecular formula is C13H16F2N2O2S. The maximum absolute atomic E-state index is 13.2. The first kappa shape index (κ1) is 14.9. The van der Waals surface area contributed by atoms with Crippen molar-refractivity contribution in [2.24, 2.45) is 0 Å². The van der Waals surface area contributed by atoms with Gasteiger partial charge in [-0.15, -0.1) is 0 Å². The molecule has 2 rings (SSSR count). The Morgan fingerprint density at radius 3 is 2.35 bits per heavy atom. The normalized spacial score (nSPS) is 15.9. The summed E-state index contributed by atoms with van der Waals surface area (Å²) >= 11 is 3.95. The molecule has 0 aromatic heterocycles. The standard InChI is InChI=1S/C13H16F2N2O2S/c14-10-6-9(7-11(15)12(10)18)17(20)13(19)16-8-4-2-1-3-5-8/h6-8,18,20H,1-5H2,(H,16,19). The third-order valence-corrected chi connectivity index (χ3v) is 3.78. The molecule has 1 aromatic rings. The summed E-state index contributed by atoms with van der Waals surface area (Å²) in [4.78, 5) is 12.0. The van der Waals surface area contributed by atoms with Crippen LogP contribution in [0.3, 0.4) is 0 Å². The number of amides is 2. The van der Waals surface area contributed by atoms with Gasteiger partial charge in [0.1, 0.15) is 0 Å². The number of anilines is 1. The number of carbonyl (C=O) groups is 1. The predicted octanol–water partition coefficient (Wildman–Crippen LogP) is 3.36. The van der Waals surface area contributed by atoms with Crippen molar-refractivity contribution < 1.29 is 18.7 Å². The summed E-state index contributed by atoms with van der Waals surface area (Å²) in [6, 6.07) is 1.24. The summed E-state index contributed by atoms with van der Waals surface area (Å²) in [6.45, 7) is 0. The van der Waals surface area contributed by atoms with Gasteiger partial charge < -0.3 is 10.4 Å². The molecule has 0 bridgehead atoms. The number of urea groups is 1. The van der Waals surface area contributed by atoms with E-state index in [2.05, 4.69) is 18.1 Å². The number of carbonyl (C=O) groups excluding carboxylic acids is 1. The van der Waals surface area contributed by atoms with E-state index in [-0.39, 0.29) is 11.7 Å². The lowest BCUT2D eigenvalue weighted by Gasteiger charge is -2.25. The number of aromatic hydroxyl groups is 1. The third-order valence-electron chi connectivity index (χ3n) is 3.37. The first-order chi connectivity index (χ1) is 9.49. The highest BCUT2D eigenvalue weighted by Gasteiger charge is 2.21. The van der Waals surface area contributed by atoms with Gasteiger partial charge in [0.15, 0.2) is 17.4 Å². The smallest absolute Gasteiger partial charge is 0.332 e. The highest BCUT2D eigenvalue weighted by molar-refractivity contribution is 7.82. The zero-order chi connectivity index (χ0) is 14.7. The van der Waals surface area contributed by atoms with Crippen molar-refractivity contribution in [3.8, 4) is 5.75 Å². The molecule has 0 saturated heterocycles. The first-order valence-corrected chi connectivity index (χ1v) is 6.86. The van der Waals surface area contributed by atoms with Gasteiger partial charge in [0.2, 0.25) is 0 Å². The summed E-state index contributed by atoms with van der Waals surface area (Å²) in [7, 11) is 0. The molecule has 2 N–H and O–H groups in total. The molecule has 4 nitrogen and oxygen atoms in total. The molecule has 1 saturated carbocycles. The minimum Gasteiger partial charge on any atom is -0.503 e. The van der Waals surface area contributed by atoms with Crippen LogP contribution in [0.25, 0.3) is 0 Å². The van der Waals surface area contributed by atoms with Crippen molar-refractivity contribution in [1.29, 1.82) is 0 Å². The number of hydrogen-bond donors (Lipinski definition) is 3. The molecule has 7 heteroatoms. The first-order valence-electron chi connectivity index (χ1n) is 6.46. The Morgan fingerprint density at radius 1 is 1.25 bits per heavy atom. The summed E-state index contributed by atoms with van der Waals surface area (Å²) in [6.07, 6.45) is 5.06. The maximum Gasteiger partial charge on any atom is 0.332 e. The van der Waals surface area contributed by atoms with E-state index in [9.17, 15) is 13.6 Å². The number of halogens is 2. The number of phenolic OH excluding ortho intramolecular Hbond substituents is 1. The molecule has 1 aromatic carbocycles. The zero-order valence-corrected chi connectivity index (χ0v) is 11.7. The number of rotatable bonds is 2. The number of hydrogen-bond acceptors (Lipinski definition) is 3. The lowest BCUT2D eigenvalue weighted by Crippen LogP contribution is -2.42. The molecule has 1 aliphatic rings. The van der Waals surface area contributed by atoms with Gasteiger partial charge in [0, 0.05) is 18.2 Å². The topological polar surface area (TPSA) is 52.6 Å². The van der Waals surface area contributed by atoms with Crippen LogP contribution in [0.5, 0.6) is 5.75 Å². The van der Waals surface area contributed by atoms with Gasteiger partial charge in [-0.3, -0.25) is 0 Å². The molecule has 0 spiro atoms. The Kier molecular flexibility index (Phi) is 4.69. The molecule has 0 radical (unpaired) electrons. The van der Waals surface area contributed by atoms with Crippen LogP contribution in [0.4, 0.5) is 19.3 Å². The van der Waals surface area contributed by atoms with E-state index in [1.807, 2.05) is 0 Å². The molecule has 0 atom stereocenters. The van der Waals surface area contributed by atoms with E-state index >= 15 is 0 Å². The second kappa shape index (κ2) is 6.30. The number of phenols is 1. The molecular weight excluding hydrogens is 286 g/mol. The van der Waals surface area contributed by atoms with E-state index < -0.39 is 23.4 Å². The second-order valence-electron chi connectivity index (χ2n) is 4.85. The van der Waals surface area contributed by atoms with E-state index in [0.717, 1.165) is 48.5 Å². The Bertz CT molecular complexity index is 484.